The van der Waals surface area contributed by atoms with Crippen molar-refractivity contribution in [1.82, 2.24) is 19.9 Å². The highest BCUT2D eigenvalue weighted by Gasteiger charge is 2.16. The maximum atomic E-state index is 5.09. The van der Waals surface area contributed by atoms with Crippen LogP contribution >= 0.6 is 11.3 Å². The Kier molecular flexibility index (Phi) is 7.32. The second kappa shape index (κ2) is 12.8. The van der Waals surface area contributed by atoms with Crippen LogP contribution in [-0.4, -0.2) is 19.9 Å². The predicted octanol–water partition coefficient (Wildman–Crippen LogP) is 13.4. The molecule has 4 nitrogen and oxygen atoms in total. The summed E-state index contributed by atoms with van der Waals surface area (Å²) in [5.41, 5.74) is 7.39. The Morgan fingerprint density at radius 1 is 0.327 bits per heavy atom. The summed E-state index contributed by atoms with van der Waals surface area (Å²) in [5.74, 6) is 1.95. The fourth-order valence-electron chi connectivity index (χ4n) is 7.82. The molecule has 0 radical (unpaired) electrons. The van der Waals surface area contributed by atoms with Crippen molar-refractivity contribution in [3.05, 3.63) is 182 Å². The Morgan fingerprint density at radius 2 is 0.873 bits per heavy atom. The molecule has 0 saturated heterocycles. The van der Waals surface area contributed by atoms with Crippen molar-refractivity contribution < 1.29 is 0 Å². The summed E-state index contributed by atoms with van der Waals surface area (Å²) in [7, 11) is 0. The van der Waals surface area contributed by atoms with E-state index in [1.54, 1.807) is 11.3 Å². The minimum Gasteiger partial charge on any atom is -0.236 e. The summed E-state index contributed by atoms with van der Waals surface area (Å²) in [6.07, 6.45) is 0. The monoisotopic (exact) mass is 718 g/mol. The summed E-state index contributed by atoms with van der Waals surface area (Å²) in [6, 6.07) is 64.1. The highest BCUT2D eigenvalue weighted by molar-refractivity contribution is 7.22. The van der Waals surface area contributed by atoms with Gasteiger partial charge in [-0.1, -0.05) is 164 Å². The van der Waals surface area contributed by atoms with Crippen molar-refractivity contribution in [1.29, 1.82) is 0 Å². The average Bonchev–Trinajstić information content (AvgIpc) is 3.71. The molecule has 0 saturated carbocycles. The topological polar surface area (TPSA) is 51.6 Å². The summed E-state index contributed by atoms with van der Waals surface area (Å²) >= 11 is 1.78. The van der Waals surface area contributed by atoms with E-state index in [1.807, 2.05) is 60.7 Å². The minimum absolute atomic E-state index is 0.647. The molecule has 55 heavy (non-hydrogen) atoms. The molecule has 5 heteroatoms. The number of thiazole rings is 1. The van der Waals surface area contributed by atoms with E-state index in [4.69, 9.17) is 19.9 Å². The Balaban J connectivity index is 1.07. The zero-order chi connectivity index (χ0) is 36.3. The molecule has 0 aliphatic heterocycles. The van der Waals surface area contributed by atoms with E-state index >= 15 is 0 Å². The highest BCUT2D eigenvalue weighted by Crippen LogP contribution is 2.42. The lowest BCUT2D eigenvalue weighted by atomic mass is 9.91. The molecule has 9 aromatic carbocycles. The molecule has 11 aromatic rings. The lowest BCUT2D eigenvalue weighted by Gasteiger charge is -2.13. The van der Waals surface area contributed by atoms with Crippen LogP contribution in [0.3, 0.4) is 0 Å². The van der Waals surface area contributed by atoms with Crippen molar-refractivity contribution in [2.75, 3.05) is 0 Å². The van der Waals surface area contributed by atoms with E-state index in [9.17, 15) is 0 Å². The first-order valence-corrected chi connectivity index (χ1v) is 19.2. The molecular weight excluding hydrogens is 689 g/mol. The molecule has 0 unspecified atom stereocenters. The molecule has 0 amide bonds. The molecule has 0 spiro atoms. The van der Waals surface area contributed by atoms with E-state index in [0.29, 0.717) is 17.5 Å². The predicted molar refractivity (Wildman–Crippen MR) is 230 cm³/mol. The second-order valence-corrected chi connectivity index (χ2v) is 14.8. The lowest BCUT2D eigenvalue weighted by molar-refractivity contribution is 1.07. The number of aromatic nitrogens is 4. The Hall–Kier alpha value is -7.08. The van der Waals surface area contributed by atoms with Crippen LogP contribution < -0.4 is 0 Å². The third-order valence-corrected chi connectivity index (χ3v) is 11.6. The van der Waals surface area contributed by atoms with Gasteiger partial charge in [0.15, 0.2) is 17.5 Å². The van der Waals surface area contributed by atoms with Crippen LogP contribution in [0, 0.1) is 0 Å². The van der Waals surface area contributed by atoms with Gasteiger partial charge in [-0.15, -0.1) is 11.3 Å². The second-order valence-electron chi connectivity index (χ2n) is 13.8. The highest BCUT2D eigenvalue weighted by atomic mass is 32.1. The van der Waals surface area contributed by atoms with Crippen molar-refractivity contribution in [3.8, 4) is 55.9 Å². The third-order valence-electron chi connectivity index (χ3n) is 10.5. The van der Waals surface area contributed by atoms with Gasteiger partial charge in [0.25, 0.3) is 0 Å². The molecule has 0 aliphatic rings. The molecule has 2 heterocycles. The molecule has 0 fully saturated rings. The lowest BCUT2D eigenvalue weighted by Crippen LogP contribution is -2.00. The standard InChI is InChI=1S/C50H30N4S/c1-4-11-34(12-5-1)47-52-48(35-13-6-2-7-14-35)54-49(53-47)38-24-20-31-19-23-37(29-39(31)30-38)40-17-10-18-42-41(40)27-25-32-21-22-33-26-28-43-46(45(33)44(32)42)55-50(51-43)36-15-8-3-9-16-36/h1-30H. The molecule has 11 rings (SSSR count). The van der Waals surface area contributed by atoms with E-state index < -0.39 is 0 Å². The van der Waals surface area contributed by atoms with Crippen LogP contribution in [0.4, 0.5) is 0 Å². The summed E-state index contributed by atoms with van der Waals surface area (Å²) in [6.45, 7) is 0. The van der Waals surface area contributed by atoms with E-state index in [2.05, 4.69) is 121 Å². The molecule has 0 aliphatic carbocycles. The molecule has 2 aromatic heterocycles. The van der Waals surface area contributed by atoms with Gasteiger partial charge in [0.05, 0.1) is 10.2 Å². The third kappa shape index (κ3) is 5.44. The van der Waals surface area contributed by atoms with Gasteiger partial charge in [0.1, 0.15) is 5.01 Å². The number of fused-ring (bicyclic) bond motifs is 8. The summed E-state index contributed by atoms with van der Waals surface area (Å²) < 4.78 is 1.22. The number of hydrogen-bond acceptors (Lipinski definition) is 5. The molecule has 0 bridgehead atoms. The van der Waals surface area contributed by atoms with Crippen molar-refractivity contribution in [2.45, 2.75) is 0 Å². The van der Waals surface area contributed by atoms with Gasteiger partial charge in [-0.25, -0.2) is 19.9 Å². The number of hydrogen-bond donors (Lipinski definition) is 0. The maximum Gasteiger partial charge on any atom is 0.164 e. The van der Waals surface area contributed by atoms with E-state index in [1.165, 1.54) is 42.6 Å². The van der Waals surface area contributed by atoms with Crippen LogP contribution in [0.1, 0.15) is 0 Å². The molecule has 0 N–H and O–H groups in total. The molecule has 0 atom stereocenters. The van der Waals surface area contributed by atoms with E-state index in [-0.39, 0.29) is 0 Å². The largest absolute Gasteiger partial charge is 0.236 e. The maximum absolute atomic E-state index is 5.09. The van der Waals surface area contributed by atoms with Gasteiger partial charge in [0, 0.05) is 27.6 Å². The van der Waals surface area contributed by atoms with Crippen LogP contribution in [0.2, 0.25) is 0 Å². The zero-order valence-corrected chi connectivity index (χ0v) is 30.3. The van der Waals surface area contributed by atoms with Gasteiger partial charge in [-0.05, 0) is 67.0 Å². The average molecular weight is 719 g/mol. The SMILES string of the molecule is c1ccc(-c2nc(-c3ccccc3)nc(-c3ccc4ccc(-c5cccc6c5ccc5ccc7ccc8nc(-c9ccccc9)sc8c7c56)cc4c3)n2)cc1. The van der Waals surface area contributed by atoms with Crippen LogP contribution in [0.15, 0.2) is 182 Å². The molecule has 256 valence electrons. The van der Waals surface area contributed by atoms with Crippen molar-refractivity contribution >= 4 is 64.6 Å². The summed E-state index contributed by atoms with van der Waals surface area (Å²) in [5, 5.41) is 10.8. The van der Waals surface area contributed by atoms with Crippen LogP contribution in [-0.2, 0) is 0 Å². The van der Waals surface area contributed by atoms with E-state index in [0.717, 1.165) is 49.1 Å². The van der Waals surface area contributed by atoms with Gasteiger partial charge < -0.3 is 0 Å². The fraction of sp³-hybridized carbons (Fsp3) is 0. The van der Waals surface area contributed by atoms with Crippen molar-refractivity contribution in [2.24, 2.45) is 0 Å². The van der Waals surface area contributed by atoms with Crippen molar-refractivity contribution in [3.63, 3.8) is 0 Å². The van der Waals surface area contributed by atoms with Gasteiger partial charge >= 0.3 is 0 Å². The Bertz CT molecular complexity index is 3190. The number of benzene rings is 9. The first-order valence-electron chi connectivity index (χ1n) is 18.4. The first-order chi connectivity index (χ1) is 27.2. The smallest absolute Gasteiger partial charge is 0.164 e. The fourth-order valence-corrected chi connectivity index (χ4v) is 8.95. The molecular formula is C50H30N4S. The van der Waals surface area contributed by atoms with Crippen LogP contribution in [0.5, 0.6) is 0 Å². The first kappa shape index (κ1) is 31.4. The van der Waals surface area contributed by atoms with Crippen LogP contribution in [0.25, 0.3) is 109 Å². The minimum atomic E-state index is 0.647. The Morgan fingerprint density at radius 3 is 1.56 bits per heavy atom. The normalized spacial score (nSPS) is 11.6. The quantitative estimate of drug-likeness (QED) is 0.166. The zero-order valence-electron chi connectivity index (χ0n) is 29.5. The summed E-state index contributed by atoms with van der Waals surface area (Å²) in [4.78, 5) is 20.0. The van der Waals surface area contributed by atoms with Gasteiger partial charge in [-0.2, -0.15) is 0 Å². The Labute approximate surface area is 321 Å². The number of nitrogens with zero attached hydrogens (tertiary/aromatic N) is 4. The van der Waals surface area contributed by atoms with Gasteiger partial charge in [0.2, 0.25) is 0 Å². The number of rotatable bonds is 5. The van der Waals surface area contributed by atoms with Gasteiger partial charge in [-0.3, -0.25) is 0 Å².